The molecule has 0 bridgehead atoms. The van der Waals surface area contributed by atoms with Gasteiger partial charge in [0, 0.05) is 54.4 Å². The summed E-state index contributed by atoms with van der Waals surface area (Å²) in [6, 6.07) is 21.1. The van der Waals surface area contributed by atoms with Crippen LogP contribution in [-0.2, 0) is 15.0 Å². The number of aromatic nitrogens is 2. The average Bonchev–Trinajstić information content (AvgIpc) is 3.55. The van der Waals surface area contributed by atoms with E-state index in [1.807, 2.05) is 18.2 Å². The quantitative estimate of drug-likeness (QED) is 0.279. The smallest absolute Gasteiger partial charge is 0.490 e. The lowest BCUT2D eigenvalue weighted by molar-refractivity contribution is -0.192. The van der Waals surface area contributed by atoms with Gasteiger partial charge in [0.2, 0.25) is 5.91 Å². The van der Waals surface area contributed by atoms with Crippen molar-refractivity contribution < 1.29 is 32.6 Å². The summed E-state index contributed by atoms with van der Waals surface area (Å²) in [7, 11) is 1.66. The van der Waals surface area contributed by atoms with E-state index in [1.165, 1.54) is 5.69 Å². The molecule has 7 rings (SSSR count). The number of fused-ring (bicyclic) bond motifs is 3. The first kappa shape index (κ1) is 29.5. The summed E-state index contributed by atoms with van der Waals surface area (Å²) in [6.07, 6.45) is -4.28. The maximum Gasteiger partial charge on any atom is 0.490 e. The number of nitrogens with one attached hydrogen (secondary N) is 2. The molecule has 2 aliphatic heterocycles. The van der Waals surface area contributed by atoms with Crippen molar-refractivity contribution in [3.05, 3.63) is 71.8 Å². The van der Waals surface area contributed by atoms with Crippen molar-refractivity contribution in [1.82, 2.24) is 15.1 Å². The normalized spacial score (nSPS) is 21.1. The SMILES string of the molecule is CCN1CCN(c2ccc(-c3n[nH]c4cc(C5CC56C(=O)Nc5ccc(OC)cc56)ccc34)cc2)CC1.O=C(O)C(F)(F)F. The molecule has 4 aromatic rings. The number of rotatable bonds is 5. The van der Waals surface area contributed by atoms with Crippen LogP contribution in [0.2, 0.25) is 0 Å². The van der Waals surface area contributed by atoms with E-state index < -0.39 is 17.6 Å². The number of H-pyrrole nitrogens is 1. The second kappa shape index (κ2) is 11.2. The summed E-state index contributed by atoms with van der Waals surface area (Å²) in [6.45, 7) is 7.73. The first-order chi connectivity index (χ1) is 21.0. The highest BCUT2D eigenvalue weighted by Crippen LogP contribution is 2.65. The Labute approximate surface area is 251 Å². The zero-order valence-electron chi connectivity index (χ0n) is 24.2. The summed E-state index contributed by atoms with van der Waals surface area (Å²) in [5.41, 5.74) is 6.94. The third-order valence-corrected chi connectivity index (χ3v) is 8.88. The summed E-state index contributed by atoms with van der Waals surface area (Å²) >= 11 is 0. The number of benzene rings is 3. The monoisotopic (exact) mass is 607 g/mol. The summed E-state index contributed by atoms with van der Waals surface area (Å²) in [4.78, 5) is 26.9. The number of aromatic amines is 1. The summed E-state index contributed by atoms with van der Waals surface area (Å²) in [5.74, 6) is -1.75. The zero-order chi connectivity index (χ0) is 31.2. The summed E-state index contributed by atoms with van der Waals surface area (Å²) in [5, 5.41) is 19.2. The Morgan fingerprint density at radius 2 is 1.77 bits per heavy atom. The van der Waals surface area contributed by atoms with E-state index in [0.717, 1.165) is 83.9 Å². The number of halogens is 3. The van der Waals surface area contributed by atoms with Gasteiger partial charge in [0.05, 0.1) is 23.7 Å². The van der Waals surface area contributed by atoms with Gasteiger partial charge in [-0.15, -0.1) is 0 Å². The summed E-state index contributed by atoms with van der Waals surface area (Å²) < 4.78 is 37.2. The van der Waals surface area contributed by atoms with Crippen molar-refractivity contribution in [3.8, 4) is 17.0 Å². The minimum atomic E-state index is -5.08. The molecular formula is C32H32F3N5O4. The minimum Gasteiger partial charge on any atom is -0.497 e. The topological polar surface area (TPSA) is 111 Å². The number of methoxy groups -OCH3 is 1. The van der Waals surface area contributed by atoms with Crippen LogP contribution in [0.4, 0.5) is 24.5 Å². The molecular weight excluding hydrogens is 575 g/mol. The maximum absolute atomic E-state index is 13.0. The number of nitrogens with zero attached hydrogens (tertiary/aromatic N) is 3. The third kappa shape index (κ3) is 5.23. The van der Waals surface area contributed by atoms with Gasteiger partial charge in [0.25, 0.3) is 0 Å². The molecule has 3 aliphatic rings. The molecule has 1 amide bonds. The number of alkyl halides is 3. The van der Waals surface area contributed by atoms with Crippen molar-refractivity contribution in [2.24, 2.45) is 0 Å². The van der Waals surface area contributed by atoms with Crippen LogP contribution in [0.3, 0.4) is 0 Å². The minimum absolute atomic E-state index is 0.0855. The lowest BCUT2D eigenvalue weighted by Gasteiger charge is -2.35. The Kier molecular flexibility index (Phi) is 7.48. The van der Waals surface area contributed by atoms with E-state index in [-0.39, 0.29) is 11.8 Å². The Bertz CT molecular complexity index is 1710. The van der Waals surface area contributed by atoms with Crippen LogP contribution in [0.25, 0.3) is 22.2 Å². The highest BCUT2D eigenvalue weighted by atomic mass is 19.4. The first-order valence-corrected chi connectivity index (χ1v) is 14.4. The van der Waals surface area contributed by atoms with Crippen molar-refractivity contribution in [1.29, 1.82) is 0 Å². The van der Waals surface area contributed by atoms with Crippen LogP contribution in [0.1, 0.15) is 30.4 Å². The van der Waals surface area contributed by atoms with Crippen LogP contribution < -0.4 is 15.0 Å². The van der Waals surface area contributed by atoms with E-state index in [1.54, 1.807) is 7.11 Å². The number of carbonyl (C=O) groups excluding carboxylic acids is 1. The molecule has 1 aliphatic carbocycles. The van der Waals surface area contributed by atoms with E-state index >= 15 is 0 Å². The number of carbonyl (C=O) groups is 2. The number of amides is 1. The molecule has 44 heavy (non-hydrogen) atoms. The van der Waals surface area contributed by atoms with Crippen molar-refractivity contribution in [3.63, 3.8) is 0 Å². The molecule has 1 spiro atoms. The second-order valence-corrected chi connectivity index (χ2v) is 11.2. The van der Waals surface area contributed by atoms with Gasteiger partial charge in [-0.3, -0.25) is 9.89 Å². The molecule has 2 fully saturated rings. The molecule has 9 nitrogen and oxygen atoms in total. The first-order valence-electron chi connectivity index (χ1n) is 14.4. The van der Waals surface area contributed by atoms with E-state index in [9.17, 15) is 18.0 Å². The van der Waals surface area contributed by atoms with E-state index in [2.05, 4.69) is 74.7 Å². The van der Waals surface area contributed by atoms with Crippen LogP contribution in [0, 0.1) is 0 Å². The number of hydrogen-bond acceptors (Lipinski definition) is 6. The number of aliphatic carboxylic acids is 1. The molecule has 2 unspecified atom stereocenters. The van der Waals surface area contributed by atoms with Crippen molar-refractivity contribution in [2.75, 3.05) is 50.1 Å². The molecule has 1 saturated carbocycles. The van der Waals surface area contributed by atoms with Gasteiger partial charge in [0.15, 0.2) is 0 Å². The standard InChI is InChI=1S/C30H31N5O2.C2HF3O2/c1-3-34-12-14-35(15-13-34)21-7-4-19(5-8-21)28-23-10-6-20(16-27(23)32-33-28)25-18-30(25)24-17-22(37-2)9-11-26(24)31-29(30)36;3-2(4,5)1(6)7/h4-11,16-17,25H,3,12-15,18H2,1-2H3,(H,31,36)(H,32,33);(H,6,7). The Balaban J connectivity index is 0.000000441. The van der Waals surface area contributed by atoms with Gasteiger partial charge in [-0.2, -0.15) is 18.3 Å². The molecule has 1 aromatic heterocycles. The number of carboxylic acids is 1. The molecule has 0 radical (unpaired) electrons. The van der Waals surface area contributed by atoms with Crippen molar-refractivity contribution >= 4 is 34.2 Å². The number of hydrogen-bond donors (Lipinski definition) is 3. The number of piperazine rings is 1. The highest BCUT2D eigenvalue weighted by molar-refractivity contribution is 6.10. The highest BCUT2D eigenvalue weighted by Gasteiger charge is 2.65. The average molecular weight is 608 g/mol. The second-order valence-electron chi connectivity index (χ2n) is 11.2. The lowest BCUT2D eigenvalue weighted by atomic mass is 9.91. The molecule has 3 heterocycles. The fourth-order valence-electron chi connectivity index (χ4n) is 6.33. The Morgan fingerprint density at radius 3 is 2.41 bits per heavy atom. The van der Waals surface area contributed by atoms with Gasteiger partial charge >= 0.3 is 12.1 Å². The lowest BCUT2D eigenvalue weighted by Crippen LogP contribution is -2.46. The van der Waals surface area contributed by atoms with E-state index in [4.69, 9.17) is 14.6 Å². The third-order valence-electron chi connectivity index (χ3n) is 8.88. The van der Waals surface area contributed by atoms with Crippen LogP contribution in [0.5, 0.6) is 5.75 Å². The number of anilines is 2. The molecule has 230 valence electrons. The zero-order valence-corrected chi connectivity index (χ0v) is 24.2. The van der Waals surface area contributed by atoms with Crippen LogP contribution in [0.15, 0.2) is 60.7 Å². The van der Waals surface area contributed by atoms with Crippen LogP contribution >= 0.6 is 0 Å². The van der Waals surface area contributed by atoms with Gasteiger partial charge in [-0.1, -0.05) is 31.2 Å². The molecule has 3 aromatic carbocycles. The molecule has 12 heteroatoms. The number of carboxylic acid groups (broad SMARTS) is 1. The Hall–Kier alpha value is -4.58. The van der Waals surface area contributed by atoms with E-state index in [0.29, 0.717) is 0 Å². The van der Waals surface area contributed by atoms with Gasteiger partial charge < -0.3 is 25.0 Å². The van der Waals surface area contributed by atoms with Gasteiger partial charge in [-0.25, -0.2) is 4.79 Å². The van der Waals surface area contributed by atoms with Crippen LogP contribution in [-0.4, -0.2) is 78.1 Å². The Morgan fingerprint density at radius 1 is 1.07 bits per heavy atom. The van der Waals surface area contributed by atoms with Gasteiger partial charge in [0.1, 0.15) is 5.75 Å². The number of likely N-dealkylation sites (N-methyl/N-ethyl adjacent to an activating group) is 1. The maximum atomic E-state index is 13.0. The molecule has 3 N–H and O–H groups in total. The largest absolute Gasteiger partial charge is 0.497 e. The fraction of sp³-hybridized carbons (Fsp3) is 0.344. The van der Waals surface area contributed by atoms with Gasteiger partial charge in [-0.05, 0) is 60.5 Å². The number of ether oxygens (including phenoxy) is 1. The molecule has 1 saturated heterocycles. The predicted octanol–water partition coefficient (Wildman–Crippen LogP) is 5.39. The fourth-order valence-corrected chi connectivity index (χ4v) is 6.33. The molecule has 2 atom stereocenters. The predicted molar refractivity (Wildman–Crippen MR) is 160 cm³/mol. The van der Waals surface area contributed by atoms with Crippen molar-refractivity contribution in [2.45, 2.75) is 30.9 Å².